The number of hydrogen-bond donors (Lipinski definition) is 1. The normalized spacial score (nSPS) is 10.8. The van der Waals surface area contributed by atoms with Crippen molar-refractivity contribution in [3.8, 4) is 23.0 Å². The van der Waals surface area contributed by atoms with Gasteiger partial charge in [-0.2, -0.15) is 5.10 Å². The van der Waals surface area contributed by atoms with Crippen LogP contribution in [0.15, 0.2) is 53.6 Å². The van der Waals surface area contributed by atoms with Gasteiger partial charge < -0.3 is 18.9 Å². The molecule has 0 bridgehead atoms. The molecule has 29 heavy (non-hydrogen) atoms. The summed E-state index contributed by atoms with van der Waals surface area (Å²) in [5.41, 5.74) is 3.48. The Morgan fingerprint density at radius 3 is 1.97 bits per heavy atom. The SMILES string of the molecule is COc1cc(OC)c(/C=N\NC(=O)c2cc3ccccc3cc2OC)c(OC)c1. The molecule has 0 saturated carbocycles. The van der Waals surface area contributed by atoms with Crippen molar-refractivity contribution in [2.24, 2.45) is 5.10 Å². The summed E-state index contributed by atoms with van der Waals surface area (Å²) in [6, 6.07) is 14.7. The molecule has 0 aromatic heterocycles. The third-order valence-electron chi connectivity index (χ3n) is 4.43. The van der Waals surface area contributed by atoms with Gasteiger partial charge in [-0.05, 0) is 22.9 Å². The second-order valence-corrected chi connectivity index (χ2v) is 6.04. The lowest BCUT2D eigenvalue weighted by atomic mass is 10.1. The minimum atomic E-state index is -0.393. The number of nitrogens with one attached hydrogen (secondary N) is 1. The van der Waals surface area contributed by atoms with E-state index in [1.165, 1.54) is 27.5 Å². The van der Waals surface area contributed by atoms with E-state index in [0.717, 1.165) is 10.8 Å². The Hall–Kier alpha value is -3.74. The van der Waals surface area contributed by atoms with E-state index in [4.69, 9.17) is 18.9 Å². The van der Waals surface area contributed by atoms with Crippen molar-refractivity contribution < 1.29 is 23.7 Å². The van der Waals surface area contributed by atoms with Crippen LogP contribution in [0.25, 0.3) is 10.8 Å². The van der Waals surface area contributed by atoms with Crippen molar-refractivity contribution in [3.05, 3.63) is 59.7 Å². The van der Waals surface area contributed by atoms with Crippen LogP contribution in [0.3, 0.4) is 0 Å². The standard InChI is InChI=1S/C22H22N2O5/c1-26-16-11-20(28-3)18(21(12-16)29-4)13-23-24-22(25)17-9-14-7-5-6-8-15(14)10-19(17)27-2/h5-13H,1-4H3,(H,24,25)/b23-13-. The summed E-state index contributed by atoms with van der Waals surface area (Å²) in [6.07, 6.45) is 1.46. The lowest BCUT2D eigenvalue weighted by Gasteiger charge is -2.12. The minimum Gasteiger partial charge on any atom is -0.496 e. The average Bonchev–Trinajstić information content (AvgIpc) is 2.77. The number of carbonyl (C=O) groups is 1. The Kier molecular flexibility index (Phi) is 6.19. The van der Waals surface area contributed by atoms with E-state index in [2.05, 4.69) is 10.5 Å². The minimum absolute atomic E-state index is 0.386. The average molecular weight is 394 g/mol. The van der Waals surface area contributed by atoms with Crippen LogP contribution in [-0.2, 0) is 0 Å². The Labute approximate surface area is 168 Å². The van der Waals surface area contributed by atoms with E-state index in [9.17, 15) is 4.79 Å². The van der Waals surface area contributed by atoms with Gasteiger partial charge in [0.2, 0.25) is 0 Å². The van der Waals surface area contributed by atoms with Crippen LogP contribution in [-0.4, -0.2) is 40.6 Å². The monoisotopic (exact) mass is 394 g/mol. The van der Waals surface area contributed by atoms with Crippen LogP contribution in [0.5, 0.6) is 23.0 Å². The smallest absolute Gasteiger partial charge is 0.275 e. The quantitative estimate of drug-likeness (QED) is 0.489. The summed E-state index contributed by atoms with van der Waals surface area (Å²) in [4.78, 5) is 12.7. The zero-order chi connectivity index (χ0) is 20.8. The molecule has 150 valence electrons. The number of hydrogen-bond acceptors (Lipinski definition) is 6. The second kappa shape index (κ2) is 8.97. The Bertz CT molecular complexity index is 1040. The van der Waals surface area contributed by atoms with E-state index in [1.54, 1.807) is 25.3 Å². The van der Waals surface area contributed by atoms with E-state index in [1.807, 2.05) is 30.3 Å². The fourth-order valence-electron chi connectivity index (χ4n) is 2.94. The van der Waals surface area contributed by atoms with Gasteiger partial charge in [-0.15, -0.1) is 0 Å². The first-order valence-electron chi connectivity index (χ1n) is 8.81. The van der Waals surface area contributed by atoms with Gasteiger partial charge in [-0.3, -0.25) is 4.79 Å². The van der Waals surface area contributed by atoms with Gasteiger partial charge in [0, 0.05) is 12.1 Å². The maximum atomic E-state index is 12.7. The number of methoxy groups -OCH3 is 4. The van der Waals surface area contributed by atoms with Crippen LogP contribution in [0.1, 0.15) is 15.9 Å². The highest BCUT2D eigenvalue weighted by atomic mass is 16.5. The van der Waals surface area contributed by atoms with Crippen molar-refractivity contribution in [3.63, 3.8) is 0 Å². The number of nitrogens with zero attached hydrogens (tertiary/aromatic N) is 1. The molecule has 0 aliphatic heterocycles. The van der Waals surface area contributed by atoms with Crippen molar-refractivity contribution in [1.82, 2.24) is 5.43 Å². The van der Waals surface area contributed by atoms with Crippen molar-refractivity contribution in [2.75, 3.05) is 28.4 Å². The first-order valence-corrected chi connectivity index (χ1v) is 8.81. The van der Waals surface area contributed by atoms with Gasteiger partial charge in [-0.25, -0.2) is 5.43 Å². The topological polar surface area (TPSA) is 78.4 Å². The molecule has 3 aromatic rings. The van der Waals surface area contributed by atoms with Crippen molar-refractivity contribution >= 4 is 22.9 Å². The molecule has 0 fully saturated rings. The van der Waals surface area contributed by atoms with Gasteiger partial charge in [-0.1, -0.05) is 24.3 Å². The summed E-state index contributed by atoms with van der Waals surface area (Å²) in [5.74, 6) is 1.66. The highest BCUT2D eigenvalue weighted by molar-refractivity contribution is 6.02. The van der Waals surface area contributed by atoms with Crippen LogP contribution >= 0.6 is 0 Å². The molecule has 0 aliphatic rings. The van der Waals surface area contributed by atoms with Crippen molar-refractivity contribution in [2.45, 2.75) is 0 Å². The number of fused-ring (bicyclic) bond motifs is 1. The largest absolute Gasteiger partial charge is 0.496 e. The van der Waals surface area contributed by atoms with Gasteiger partial charge in [0.15, 0.2) is 0 Å². The molecular weight excluding hydrogens is 372 g/mol. The highest BCUT2D eigenvalue weighted by Crippen LogP contribution is 2.32. The van der Waals surface area contributed by atoms with E-state index in [-0.39, 0.29) is 0 Å². The highest BCUT2D eigenvalue weighted by Gasteiger charge is 2.14. The maximum Gasteiger partial charge on any atom is 0.275 e. The molecule has 0 spiro atoms. The van der Waals surface area contributed by atoms with E-state index >= 15 is 0 Å². The van der Waals surface area contributed by atoms with Gasteiger partial charge in [0.05, 0.1) is 45.8 Å². The third kappa shape index (κ3) is 4.24. The molecule has 3 rings (SSSR count). The van der Waals surface area contributed by atoms with E-state index < -0.39 is 5.91 Å². The lowest BCUT2D eigenvalue weighted by molar-refractivity contribution is 0.0952. The van der Waals surface area contributed by atoms with Crippen LogP contribution < -0.4 is 24.4 Å². The van der Waals surface area contributed by atoms with Gasteiger partial charge in [0.1, 0.15) is 23.0 Å². The summed E-state index contributed by atoms with van der Waals surface area (Å²) in [7, 11) is 6.14. The number of ether oxygens (including phenoxy) is 4. The Balaban J connectivity index is 1.88. The zero-order valence-corrected chi connectivity index (χ0v) is 16.7. The number of hydrazone groups is 1. The van der Waals surface area contributed by atoms with Gasteiger partial charge in [0.25, 0.3) is 5.91 Å². The van der Waals surface area contributed by atoms with Gasteiger partial charge >= 0.3 is 0 Å². The molecule has 0 unspecified atom stereocenters. The Morgan fingerprint density at radius 2 is 1.41 bits per heavy atom. The number of benzene rings is 3. The molecule has 0 atom stereocenters. The maximum absolute atomic E-state index is 12.7. The number of carbonyl (C=O) groups excluding carboxylic acids is 1. The molecule has 1 N–H and O–H groups in total. The fraction of sp³-hybridized carbons (Fsp3) is 0.182. The molecule has 0 aliphatic carbocycles. The molecule has 7 heteroatoms. The molecule has 0 saturated heterocycles. The second-order valence-electron chi connectivity index (χ2n) is 6.04. The molecular formula is C22H22N2O5. The molecule has 1 amide bonds. The predicted octanol–water partition coefficient (Wildman–Crippen LogP) is 3.64. The summed E-state index contributed by atoms with van der Waals surface area (Å²) in [5, 5.41) is 5.98. The molecule has 0 heterocycles. The fourth-order valence-corrected chi connectivity index (χ4v) is 2.94. The van der Waals surface area contributed by atoms with E-state index in [0.29, 0.717) is 34.1 Å². The molecule has 7 nitrogen and oxygen atoms in total. The van der Waals surface area contributed by atoms with Crippen LogP contribution in [0.4, 0.5) is 0 Å². The third-order valence-corrected chi connectivity index (χ3v) is 4.43. The Morgan fingerprint density at radius 1 is 0.828 bits per heavy atom. The van der Waals surface area contributed by atoms with Crippen LogP contribution in [0.2, 0.25) is 0 Å². The molecule has 0 radical (unpaired) electrons. The first-order chi connectivity index (χ1) is 14.1. The lowest BCUT2D eigenvalue weighted by Crippen LogP contribution is -2.18. The summed E-state index contributed by atoms with van der Waals surface area (Å²) >= 11 is 0. The zero-order valence-electron chi connectivity index (χ0n) is 16.7. The predicted molar refractivity (Wildman–Crippen MR) is 112 cm³/mol. The van der Waals surface area contributed by atoms with Crippen LogP contribution in [0, 0.1) is 0 Å². The van der Waals surface area contributed by atoms with Crippen molar-refractivity contribution in [1.29, 1.82) is 0 Å². The summed E-state index contributed by atoms with van der Waals surface area (Å²) in [6.45, 7) is 0. The molecule has 3 aromatic carbocycles. The number of rotatable bonds is 7. The first kappa shape index (κ1) is 20.0. The number of amides is 1. The summed E-state index contributed by atoms with van der Waals surface area (Å²) < 4.78 is 21.3.